The second-order valence-corrected chi connectivity index (χ2v) is 5.57. The van der Waals surface area contributed by atoms with Crippen LogP contribution in [0.5, 0.6) is 0 Å². The van der Waals surface area contributed by atoms with Crippen LogP contribution in [0.4, 0.5) is 5.13 Å². The molecule has 1 unspecified atom stereocenters. The van der Waals surface area contributed by atoms with Crippen LogP contribution < -0.4 is 4.90 Å². The maximum absolute atomic E-state index is 11.0. The zero-order valence-corrected chi connectivity index (χ0v) is 12.2. The number of aromatic nitrogens is 1. The van der Waals surface area contributed by atoms with Gasteiger partial charge in [0.2, 0.25) is 0 Å². The highest BCUT2D eigenvalue weighted by atomic mass is 32.1. The Morgan fingerprint density at radius 2 is 2.00 bits per heavy atom. The Morgan fingerprint density at radius 1 is 1.35 bits per heavy atom. The first-order valence-corrected chi connectivity index (χ1v) is 7.09. The number of rotatable bonds is 6. The molecular formula is C13H22N2OS. The first-order chi connectivity index (χ1) is 8.04. The van der Waals surface area contributed by atoms with Gasteiger partial charge in [0.05, 0.1) is 10.6 Å². The fourth-order valence-corrected chi connectivity index (χ4v) is 3.01. The number of hydrogen-bond acceptors (Lipinski definition) is 4. The molecule has 1 rings (SSSR count). The summed E-state index contributed by atoms with van der Waals surface area (Å²) in [6.45, 7) is 11.6. The molecule has 96 valence electrons. The zero-order valence-electron chi connectivity index (χ0n) is 11.4. The molecule has 0 amide bonds. The third-order valence-electron chi connectivity index (χ3n) is 3.03. The summed E-state index contributed by atoms with van der Waals surface area (Å²) in [7, 11) is 0. The van der Waals surface area contributed by atoms with E-state index in [1.165, 1.54) is 11.3 Å². The van der Waals surface area contributed by atoms with E-state index in [9.17, 15) is 4.79 Å². The zero-order chi connectivity index (χ0) is 13.0. The number of carbonyl (C=O) groups is 1. The number of nitrogens with zero attached hydrogens (tertiary/aromatic N) is 2. The maximum Gasteiger partial charge on any atom is 0.186 e. The molecule has 17 heavy (non-hydrogen) atoms. The van der Waals surface area contributed by atoms with Crippen LogP contribution in [0, 0.1) is 0 Å². The van der Waals surface area contributed by atoms with Crippen molar-refractivity contribution in [1.29, 1.82) is 0 Å². The Kier molecular flexibility index (Phi) is 5.12. The summed E-state index contributed by atoms with van der Waals surface area (Å²) in [4.78, 5) is 18.7. The van der Waals surface area contributed by atoms with E-state index in [2.05, 4.69) is 44.5 Å². The summed E-state index contributed by atoms with van der Waals surface area (Å²) in [5.41, 5.74) is 0.932. The van der Waals surface area contributed by atoms with Crippen molar-refractivity contribution in [1.82, 2.24) is 4.98 Å². The van der Waals surface area contributed by atoms with Crippen LogP contribution in [0.2, 0.25) is 0 Å². The fourth-order valence-electron chi connectivity index (χ4n) is 1.81. The molecule has 0 fully saturated rings. The van der Waals surface area contributed by atoms with E-state index < -0.39 is 0 Å². The van der Waals surface area contributed by atoms with Crippen molar-refractivity contribution >= 4 is 22.8 Å². The van der Waals surface area contributed by atoms with Gasteiger partial charge in [-0.1, -0.05) is 32.1 Å². The Labute approximate surface area is 108 Å². The topological polar surface area (TPSA) is 33.2 Å². The summed E-state index contributed by atoms with van der Waals surface area (Å²) in [5.74, 6) is 0.302. The van der Waals surface area contributed by atoms with E-state index in [1.807, 2.05) is 0 Å². The second kappa shape index (κ2) is 6.15. The predicted octanol–water partition coefficient (Wildman–Crippen LogP) is 3.70. The molecule has 0 bridgehead atoms. The van der Waals surface area contributed by atoms with Gasteiger partial charge in [0.25, 0.3) is 0 Å². The molecule has 0 saturated heterocycles. The van der Waals surface area contributed by atoms with Gasteiger partial charge in [-0.15, -0.1) is 0 Å². The average molecular weight is 254 g/mol. The van der Waals surface area contributed by atoms with Gasteiger partial charge in [0.1, 0.15) is 0 Å². The molecule has 1 atom stereocenters. The molecule has 4 heteroatoms. The Balaban J connectivity index is 3.09. The quantitative estimate of drug-likeness (QED) is 0.726. The number of carbonyl (C=O) groups excluding carboxylic acids is 1. The second-order valence-electron chi connectivity index (χ2n) is 4.56. The third-order valence-corrected chi connectivity index (χ3v) is 4.07. The van der Waals surface area contributed by atoms with Gasteiger partial charge >= 0.3 is 0 Å². The SMILES string of the molecule is CCC(C)N(CC)c1nc(C(C)C)c(C=O)s1. The minimum Gasteiger partial charge on any atom is -0.346 e. The van der Waals surface area contributed by atoms with E-state index in [0.717, 1.165) is 35.0 Å². The van der Waals surface area contributed by atoms with Gasteiger partial charge in [0.15, 0.2) is 11.4 Å². The highest BCUT2D eigenvalue weighted by Gasteiger charge is 2.19. The predicted molar refractivity (Wildman–Crippen MR) is 74.4 cm³/mol. The van der Waals surface area contributed by atoms with Gasteiger partial charge in [-0.25, -0.2) is 4.98 Å². The lowest BCUT2D eigenvalue weighted by molar-refractivity contribution is 0.112. The van der Waals surface area contributed by atoms with Crippen LogP contribution in [-0.4, -0.2) is 23.9 Å². The summed E-state index contributed by atoms with van der Waals surface area (Å²) in [6, 6.07) is 0.464. The van der Waals surface area contributed by atoms with Crippen LogP contribution >= 0.6 is 11.3 Å². The average Bonchev–Trinajstić information content (AvgIpc) is 2.73. The molecule has 0 aromatic carbocycles. The van der Waals surface area contributed by atoms with Crippen molar-refractivity contribution in [2.24, 2.45) is 0 Å². The molecule has 0 spiro atoms. The molecule has 0 aliphatic heterocycles. The van der Waals surface area contributed by atoms with Crippen LogP contribution in [0.25, 0.3) is 0 Å². The standard InChI is InChI=1S/C13H22N2OS/c1-6-10(5)15(7-2)13-14-12(9(3)4)11(8-16)17-13/h8-10H,6-7H2,1-5H3. The van der Waals surface area contributed by atoms with E-state index in [-0.39, 0.29) is 0 Å². The molecule has 0 saturated carbocycles. The normalized spacial score (nSPS) is 12.8. The number of anilines is 1. The minimum absolute atomic E-state index is 0.302. The van der Waals surface area contributed by atoms with Gasteiger partial charge < -0.3 is 4.90 Å². The van der Waals surface area contributed by atoms with Crippen molar-refractivity contribution in [2.75, 3.05) is 11.4 Å². The molecule has 0 N–H and O–H groups in total. The molecule has 3 nitrogen and oxygen atoms in total. The molecule has 1 heterocycles. The summed E-state index contributed by atoms with van der Waals surface area (Å²) < 4.78 is 0. The van der Waals surface area contributed by atoms with Gasteiger partial charge in [-0.3, -0.25) is 4.79 Å². The van der Waals surface area contributed by atoms with Gasteiger partial charge in [0, 0.05) is 12.6 Å². The van der Waals surface area contributed by atoms with Crippen molar-refractivity contribution < 1.29 is 4.79 Å². The molecule has 1 aromatic rings. The Bertz CT molecular complexity index is 373. The smallest absolute Gasteiger partial charge is 0.186 e. The Morgan fingerprint density at radius 3 is 2.35 bits per heavy atom. The Hall–Kier alpha value is -0.900. The van der Waals surface area contributed by atoms with E-state index in [1.54, 1.807) is 0 Å². The van der Waals surface area contributed by atoms with Crippen molar-refractivity contribution in [3.05, 3.63) is 10.6 Å². The molecule has 1 aromatic heterocycles. The highest BCUT2D eigenvalue weighted by molar-refractivity contribution is 7.17. The lowest BCUT2D eigenvalue weighted by Crippen LogP contribution is -2.32. The summed E-state index contributed by atoms with van der Waals surface area (Å²) >= 11 is 1.51. The summed E-state index contributed by atoms with van der Waals surface area (Å²) in [6.07, 6.45) is 2.02. The number of thiazole rings is 1. The number of hydrogen-bond donors (Lipinski definition) is 0. The first-order valence-electron chi connectivity index (χ1n) is 6.27. The molecule has 0 radical (unpaired) electrons. The lowest BCUT2D eigenvalue weighted by Gasteiger charge is -2.26. The highest BCUT2D eigenvalue weighted by Crippen LogP contribution is 2.30. The molecule has 0 aliphatic rings. The van der Waals surface area contributed by atoms with Crippen LogP contribution in [-0.2, 0) is 0 Å². The molecular weight excluding hydrogens is 232 g/mol. The van der Waals surface area contributed by atoms with Gasteiger partial charge in [-0.05, 0) is 26.2 Å². The van der Waals surface area contributed by atoms with E-state index in [4.69, 9.17) is 0 Å². The largest absolute Gasteiger partial charge is 0.346 e. The maximum atomic E-state index is 11.0. The molecule has 0 aliphatic carbocycles. The van der Waals surface area contributed by atoms with E-state index in [0.29, 0.717) is 12.0 Å². The first kappa shape index (κ1) is 14.2. The number of aldehydes is 1. The van der Waals surface area contributed by atoms with E-state index >= 15 is 0 Å². The monoisotopic (exact) mass is 254 g/mol. The summed E-state index contributed by atoms with van der Waals surface area (Å²) in [5, 5.41) is 0.979. The van der Waals surface area contributed by atoms with Crippen molar-refractivity contribution in [3.8, 4) is 0 Å². The van der Waals surface area contributed by atoms with Crippen LogP contribution in [0.15, 0.2) is 0 Å². The van der Waals surface area contributed by atoms with Gasteiger partial charge in [-0.2, -0.15) is 0 Å². The third kappa shape index (κ3) is 3.06. The van der Waals surface area contributed by atoms with Crippen LogP contribution in [0.3, 0.4) is 0 Å². The van der Waals surface area contributed by atoms with Crippen molar-refractivity contribution in [2.45, 2.75) is 53.0 Å². The fraction of sp³-hybridized carbons (Fsp3) is 0.692. The lowest BCUT2D eigenvalue weighted by atomic mass is 10.1. The van der Waals surface area contributed by atoms with Crippen molar-refractivity contribution in [3.63, 3.8) is 0 Å². The minimum atomic E-state index is 0.302. The van der Waals surface area contributed by atoms with Crippen LogP contribution in [0.1, 0.15) is 62.3 Å².